The van der Waals surface area contributed by atoms with E-state index in [0.717, 1.165) is 24.1 Å². The molecule has 1 fully saturated rings. The Kier molecular flexibility index (Phi) is 4.51. The summed E-state index contributed by atoms with van der Waals surface area (Å²) in [4.78, 5) is 28.7. The molecule has 0 spiro atoms. The Morgan fingerprint density at radius 2 is 2.11 bits per heavy atom. The Morgan fingerprint density at radius 3 is 2.85 bits per heavy atom. The number of carbonyl (C=O) groups is 2. The van der Waals surface area contributed by atoms with Gasteiger partial charge < -0.3 is 16.0 Å². The van der Waals surface area contributed by atoms with Crippen LogP contribution in [-0.4, -0.2) is 16.9 Å². The highest BCUT2D eigenvalue weighted by Crippen LogP contribution is 2.40. The quantitative estimate of drug-likeness (QED) is 0.770. The molecule has 0 saturated heterocycles. The minimum absolute atomic E-state index is 0.141. The van der Waals surface area contributed by atoms with Crippen molar-refractivity contribution in [3.8, 4) is 0 Å². The van der Waals surface area contributed by atoms with Gasteiger partial charge in [-0.05, 0) is 67.5 Å². The minimum atomic E-state index is -0.445. The fraction of sp³-hybridized carbons (Fsp3) is 0.350. The first kappa shape index (κ1) is 17.5. The lowest BCUT2D eigenvalue weighted by molar-refractivity contribution is -0.116. The predicted octanol–water partition coefficient (Wildman–Crippen LogP) is 3.69. The standard InChI is InChI=1S/C20H21FN4O2/c1-11-6-7-22-15(8-11)18(12-2-3-12)25-20(27)23-16-10-14(21)9-13-4-5-17(26)24-19(13)16/h6-10,12,18H,2-5H2,1H3,(H,24,26)(H2,23,25,27). The summed E-state index contributed by atoms with van der Waals surface area (Å²) < 4.78 is 13.9. The van der Waals surface area contributed by atoms with Gasteiger partial charge in [0, 0.05) is 12.6 Å². The molecule has 6 nitrogen and oxygen atoms in total. The van der Waals surface area contributed by atoms with Gasteiger partial charge in [-0.15, -0.1) is 0 Å². The van der Waals surface area contributed by atoms with Gasteiger partial charge in [0.2, 0.25) is 5.91 Å². The molecule has 3 N–H and O–H groups in total. The molecule has 1 saturated carbocycles. The third kappa shape index (κ3) is 3.92. The average Bonchev–Trinajstić information content (AvgIpc) is 3.45. The first-order chi connectivity index (χ1) is 13.0. The second-order valence-electron chi connectivity index (χ2n) is 7.21. The number of rotatable bonds is 4. The molecule has 0 radical (unpaired) electrons. The first-order valence-electron chi connectivity index (χ1n) is 9.12. The molecule has 1 aliphatic carbocycles. The van der Waals surface area contributed by atoms with Crippen molar-refractivity contribution >= 4 is 23.3 Å². The van der Waals surface area contributed by atoms with Crippen LogP contribution in [-0.2, 0) is 11.2 Å². The Balaban J connectivity index is 1.54. The van der Waals surface area contributed by atoms with Gasteiger partial charge in [-0.1, -0.05) is 0 Å². The molecule has 140 valence electrons. The van der Waals surface area contributed by atoms with Crippen molar-refractivity contribution in [2.75, 3.05) is 10.6 Å². The van der Waals surface area contributed by atoms with E-state index in [1.165, 1.54) is 12.1 Å². The zero-order valence-electron chi connectivity index (χ0n) is 15.0. The van der Waals surface area contributed by atoms with Crippen LogP contribution in [0.2, 0.25) is 0 Å². The number of hydrogen-bond donors (Lipinski definition) is 3. The number of pyridine rings is 1. The number of amides is 3. The van der Waals surface area contributed by atoms with Crippen molar-refractivity contribution in [1.29, 1.82) is 0 Å². The van der Waals surface area contributed by atoms with Gasteiger partial charge in [0.1, 0.15) is 5.82 Å². The van der Waals surface area contributed by atoms with Crippen LogP contribution in [0, 0.1) is 18.7 Å². The lowest BCUT2D eigenvalue weighted by Gasteiger charge is -2.22. The number of hydrogen-bond acceptors (Lipinski definition) is 3. The van der Waals surface area contributed by atoms with E-state index in [0.29, 0.717) is 30.0 Å². The van der Waals surface area contributed by atoms with E-state index in [1.54, 1.807) is 6.20 Å². The van der Waals surface area contributed by atoms with Crippen LogP contribution < -0.4 is 16.0 Å². The van der Waals surface area contributed by atoms with E-state index < -0.39 is 11.8 Å². The highest BCUT2D eigenvalue weighted by atomic mass is 19.1. The van der Waals surface area contributed by atoms with Crippen LogP contribution in [0.3, 0.4) is 0 Å². The summed E-state index contributed by atoms with van der Waals surface area (Å²) in [6.45, 7) is 1.98. The van der Waals surface area contributed by atoms with Gasteiger partial charge in [0.15, 0.2) is 0 Å². The van der Waals surface area contributed by atoms with Gasteiger partial charge in [-0.25, -0.2) is 9.18 Å². The molecule has 1 atom stereocenters. The zero-order valence-corrected chi connectivity index (χ0v) is 15.0. The molecule has 1 aliphatic heterocycles. The number of urea groups is 1. The summed E-state index contributed by atoms with van der Waals surface area (Å²) in [5.74, 6) is -0.233. The molecule has 1 aromatic heterocycles. The maximum absolute atomic E-state index is 13.9. The average molecular weight is 368 g/mol. The molecular formula is C20H21FN4O2. The second-order valence-corrected chi connectivity index (χ2v) is 7.21. The summed E-state index contributed by atoms with van der Waals surface area (Å²) in [6.07, 6.45) is 4.56. The van der Waals surface area contributed by atoms with Gasteiger partial charge in [0.05, 0.1) is 23.1 Å². The summed E-state index contributed by atoms with van der Waals surface area (Å²) in [7, 11) is 0. The van der Waals surface area contributed by atoms with E-state index >= 15 is 0 Å². The van der Waals surface area contributed by atoms with E-state index in [1.807, 2.05) is 19.1 Å². The summed E-state index contributed by atoms with van der Waals surface area (Å²) in [5.41, 5.74) is 3.32. The van der Waals surface area contributed by atoms with Crippen molar-refractivity contribution in [3.63, 3.8) is 0 Å². The number of nitrogens with one attached hydrogen (secondary N) is 3. The van der Waals surface area contributed by atoms with Crippen molar-refractivity contribution in [3.05, 3.63) is 53.1 Å². The predicted molar refractivity (Wildman–Crippen MR) is 99.9 cm³/mol. The Morgan fingerprint density at radius 1 is 1.30 bits per heavy atom. The Bertz CT molecular complexity index is 911. The largest absolute Gasteiger partial charge is 0.329 e. The molecule has 3 amide bonds. The molecule has 2 aliphatic rings. The SMILES string of the molecule is Cc1ccnc(C(NC(=O)Nc2cc(F)cc3c2NC(=O)CC3)C2CC2)c1. The molecule has 4 rings (SSSR count). The van der Waals surface area contributed by atoms with Crippen LogP contribution in [0.4, 0.5) is 20.6 Å². The number of carbonyl (C=O) groups excluding carboxylic acids is 2. The van der Waals surface area contributed by atoms with Crippen molar-refractivity contribution in [1.82, 2.24) is 10.3 Å². The minimum Gasteiger partial charge on any atom is -0.329 e. The highest BCUT2D eigenvalue weighted by Gasteiger charge is 2.34. The maximum atomic E-state index is 13.9. The van der Waals surface area contributed by atoms with Crippen LogP contribution in [0.25, 0.3) is 0 Å². The normalized spacial score (nSPS) is 16.9. The third-order valence-electron chi connectivity index (χ3n) is 4.95. The van der Waals surface area contributed by atoms with E-state index in [9.17, 15) is 14.0 Å². The zero-order chi connectivity index (χ0) is 19.0. The van der Waals surface area contributed by atoms with Crippen molar-refractivity contribution < 1.29 is 14.0 Å². The number of anilines is 2. The fourth-order valence-electron chi connectivity index (χ4n) is 3.45. The summed E-state index contributed by atoms with van der Waals surface area (Å²) in [5, 5.41) is 8.39. The van der Waals surface area contributed by atoms with E-state index in [4.69, 9.17) is 0 Å². The molecule has 0 bridgehead atoms. The van der Waals surface area contributed by atoms with Gasteiger partial charge in [-0.3, -0.25) is 9.78 Å². The third-order valence-corrected chi connectivity index (χ3v) is 4.95. The van der Waals surface area contributed by atoms with Crippen molar-refractivity contribution in [2.45, 2.75) is 38.6 Å². The lowest BCUT2D eigenvalue weighted by atomic mass is 10.0. The number of aryl methyl sites for hydroxylation is 2. The lowest BCUT2D eigenvalue weighted by Crippen LogP contribution is -2.34. The topological polar surface area (TPSA) is 83.1 Å². The Labute approximate surface area is 156 Å². The Hall–Kier alpha value is -2.96. The molecule has 27 heavy (non-hydrogen) atoms. The van der Waals surface area contributed by atoms with Crippen LogP contribution >= 0.6 is 0 Å². The smallest absolute Gasteiger partial charge is 0.319 e. The molecule has 7 heteroatoms. The number of aromatic nitrogens is 1. The van der Waals surface area contributed by atoms with Gasteiger partial charge in [0.25, 0.3) is 0 Å². The van der Waals surface area contributed by atoms with Crippen LogP contribution in [0.1, 0.15) is 42.1 Å². The van der Waals surface area contributed by atoms with Gasteiger partial charge >= 0.3 is 6.03 Å². The highest BCUT2D eigenvalue weighted by molar-refractivity contribution is 6.01. The number of halogens is 1. The summed E-state index contributed by atoms with van der Waals surface area (Å²) >= 11 is 0. The summed E-state index contributed by atoms with van der Waals surface area (Å²) in [6, 6.07) is 5.86. The first-order valence-corrected chi connectivity index (χ1v) is 9.12. The fourth-order valence-corrected chi connectivity index (χ4v) is 3.45. The molecular weight excluding hydrogens is 347 g/mol. The monoisotopic (exact) mass is 368 g/mol. The number of nitrogens with zero attached hydrogens (tertiary/aromatic N) is 1. The van der Waals surface area contributed by atoms with Crippen LogP contribution in [0.5, 0.6) is 0 Å². The number of benzene rings is 1. The van der Waals surface area contributed by atoms with E-state index in [-0.39, 0.29) is 17.6 Å². The molecule has 2 aromatic rings. The maximum Gasteiger partial charge on any atom is 0.319 e. The molecule has 1 unspecified atom stereocenters. The molecule has 1 aromatic carbocycles. The van der Waals surface area contributed by atoms with E-state index in [2.05, 4.69) is 20.9 Å². The van der Waals surface area contributed by atoms with Gasteiger partial charge in [-0.2, -0.15) is 0 Å². The number of fused-ring (bicyclic) bond motifs is 1. The van der Waals surface area contributed by atoms with Crippen LogP contribution in [0.15, 0.2) is 30.5 Å². The molecule has 2 heterocycles. The second kappa shape index (κ2) is 6.98. The van der Waals surface area contributed by atoms with Crippen molar-refractivity contribution in [2.24, 2.45) is 5.92 Å².